The molecule has 1 aliphatic rings. The molecule has 6 heteroatoms. The molecule has 0 saturated carbocycles. The van der Waals surface area contributed by atoms with Gasteiger partial charge in [-0.3, -0.25) is 4.90 Å². The Bertz CT molecular complexity index is 524. The van der Waals surface area contributed by atoms with Gasteiger partial charge in [0.1, 0.15) is 0 Å². The monoisotopic (exact) mass is 333 g/mol. The van der Waals surface area contributed by atoms with Gasteiger partial charge in [0.05, 0.1) is 18.1 Å². The second-order valence-electron chi connectivity index (χ2n) is 4.41. The molecule has 1 aromatic rings. The van der Waals surface area contributed by atoms with Gasteiger partial charge in [-0.1, -0.05) is 22.0 Å². The summed E-state index contributed by atoms with van der Waals surface area (Å²) < 4.78 is 29.0. The van der Waals surface area contributed by atoms with Crippen LogP contribution in [0.3, 0.4) is 0 Å². The number of benzene rings is 1. The van der Waals surface area contributed by atoms with E-state index >= 15 is 0 Å². The molecule has 18 heavy (non-hydrogen) atoms. The molecule has 1 saturated heterocycles. The van der Waals surface area contributed by atoms with Gasteiger partial charge in [0, 0.05) is 30.4 Å². The molecule has 1 heterocycles. The third-order valence-corrected chi connectivity index (χ3v) is 4.80. The zero-order chi connectivity index (χ0) is 13.2. The Morgan fingerprint density at radius 1 is 1.33 bits per heavy atom. The first-order valence-electron chi connectivity index (χ1n) is 5.75. The summed E-state index contributed by atoms with van der Waals surface area (Å²) >= 11 is 3.44. The predicted molar refractivity (Wildman–Crippen MR) is 73.3 cm³/mol. The molecule has 2 rings (SSSR count). The molecule has 1 fully saturated rings. The molecule has 1 aromatic carbocycles. The molecule has 0 N–H and O–H groups in total. The fraction of sp³-hybridized carbons (Fsp3) is 0.500. The first-order chi connectivity index (χ1) is 8.47. The smallest absolute Gasteiger partial charge is 0.175 e. The van der Waals surface area contributed by atoms with Crippen molar-refractivity contribution in [3.8, 4) is 0 Å². The quantitative estimate of drug-likeness (QED) is 0.844. The molecule has 0 aliphatic carbocycles. The molecule has 0 bridgehead atoms. The van der Waals surface area contributed by atoms with Crippen LogP contribution in [-0.4, -0.2) is 45.9 Å². The van der Waals surface area contributed by atoms with Gasteiger partial charge >= 0.3 is 0 Å². The van der Waals surface area contributed by atoms with Gasteiger partial charge in [0.25, 0.3) is 0 Å². The molecule has 0 unspecified atom stereocenters. The lowest BCUT2D eigenvalue weighted by atomic mass is 10.2. The lowest BCUT2D eigenvalue weighted by Crippen LogP contribution is -2.35. The summed E-state index contributed by atoms with van der Waals surface area (Å²) in [5.74, 6) is 0. The third-order valence-electron chi connectivity index (χ3n) is 2.95. The van der Waals surface area contributed by atoms with Crippen molar-refractivity contribution in [1.82, 2.24) is 4.90 Å². The lowest BCUT2D eigenvalue weighted by Gasteiger charge is -2.27. The fourth-order valence-corrected chi connectivity index (χ4v) is 3.19. The van der Waals surface area contributed by atoms with Gasteiger partial charge in [-0.2, -0.15) is 0 Å². The number of halogens is 1. The zero-order valence-corrected chi connectivity index (χ0v) is 12.6. The van der Waals surface area contributed by atoms with Crippen molar-refractivity contribution in [3.05, 3.63) is 28.2 Å². The Labute approximate surface area is 116 Å². The Morgan fingerprint density at radius 2 is 2.00 bits per heavy atom. The number of hydrogen-bond acceptors (Lipinski definition) is 4. The van der Waals surface area contributed by atoms with Crippen LogP contribution in [0.25, 0.3) is 0 Å². The van der Waals surface area contributed by atoms with E-state index in [-0.39, 0.29) is 0 Å². The normalized spacial score (nSPS) is 17.9. The van der Waals surface area contributed by atoms with Crippen molar-refractivity contribution in [3.63, 3.8) is 0 Å². The number of rotatable bonds is 3. The highest BCUT2D eigenvalue weighted by Gasteiger charge is 2.14. The van der Waals surface area contributed by atoms with Crippen LogP contribution < -0.4 is 0 Å². The second-order valence-corrected chi connectivity index (χ2v) is 7.28. The largest absolute Gasteiger partial charge is 0.379 e. The Morgan fingerprint density at radius 3 is 2.56 bits per heavy atom. The van der Waals surface area contributed by atoms with E-state index in [0.717, 1.165) is 42.9 Å². The summed E-state index contributed by atoms with van der Waals surface area (Å²) in [5, 5.41) is 0. The topological polar surface area (TPSA) is 46.6 Å². The van der Waals surface area contributed by atoms with E-state index in [0.29, 0.717) is 4.90 Å². The highest BCUT2D eigenvalue weighted by molar-refractivity contribution is 9.10. The van der Waals surface area contributed by atoms with Crippen LogP contribution in [0.2, 0.25) is 0 Å². The Hall–Kier alpha value is -0.430. The molecule has 100 valence electrons. The standard InChI is InChI=1S/C12H16BrNO3S/c1-18(15,16)11-3-2-10(12(13)8-11)9-14-4-6-17-7-5-14/h2-3,8H,4-7,9H2,1H3. The van der Waals surface area contributed by atoms with E-state index in [4.69, 9.17) is 4.74 Å². The summed E-state index contributed by atoms with van der Waals surface area (Å²) in [6.45, 7) is 4.17. The van der Waals surface area contributed by atoms with Crippen LogP contribution in [-0.2, 0) is 21.1 Å². The van der Waals surface area contributed by atoms with Gasteiger partial charge in [-0.05, 0) is 17.7 Å². The van der Waals surface area contributed by atoms with Crippen LogP contribution in [0, 0.1) is 0 Å². The molecular weight excluding hydrogens is 318 g/mol. The van der Waals surface area contributed by atoms with Crippen molar-refractivity contribution in [2.75, 3.05) is 32.6 Å². The van der Waals surface area contributed by atoms with Crippen molar-refractivity contribution in [2.45, 2.75) is 11.4 Å². The first-order valence-corrected chi connectivity index (χ1v) is 8.44. The van der Waals surface area contributed by atoms with Gasteiger partial charge < -0.3 is 4.74 Å². The maximum Gasteiger partial charge on any atom is 0.175 e. The average molecular weight is 334 g/mol. The van der Waals surface area contributed by atoms with Crippen molar-refractivity contribution in [1.29, 1.82) is 0 Å². The molecule has 0 aromatic heterocycles. The van der Waals surface area contributed by atoms with Crippen LogP contribution in [0.5, 0.6) is 0 Å². The number of morpholine rings is 1. The van der Waals surface area contributed by atoms with Gasteiger partial charge in [0.15, 0.2) is 9.84 Å². The molecular formula is C12H16BrNO3S. The lowest BCUT2D eigenvalue weighted by molar-refractivity contribution is 0.0341. The summed E-state index contributed by atoms with van der Waals surface area (Å²) in [7, 11) is -3.14. The van der Waals surface area contributed by atoms with Crippen LogP contribution in [0.4, 0.5) is 0 Å². The summed E-state index contributed by atoms with van der Waals surface area (Å²) in [5.41, 5.74) is 1.10. The molecule has 1 aliphatic heterocycles. The fourth-order valence-electron chi connectivity index (χ4n) is 1.89. The third kappa shape index (κ3) is 3.54. The summed E-state index contributed by atoms with van der Waals surface area (Å²) in [6, 6.07) is 5.21. The SMILES string of the molecule is CS(=O)(=O)c1ccc(CN2CCOCC2)c(Br)c1. The van der Waals surface area contributed by atoms with Crippen molar-refractivity contribution in [2.24, 2.45) is 0 Å². The maximum atomic E-state index is 11.4. The Balaban J connectivity index is 2.14. The molecule has 0 atom stereocenters. The minimum atomic E-state index is -3.14. The summed E-state index contributed by atoms with van der Waals surface area (Å²) in [4.78, 5) is 2.64. The van der Waals surface area contributed by atoms with E-state index < -0.39 is 9.84 Å². The van der Waals surface area contributed by atoms with E-state index in [1.165, 1.54) is 6.26 Å². The van der Waals surface area contributed by atoms with Crippen LogP contribution in [0.15, 0.2) is 27.6 Å². The summed E-state index contributed by atoms with van der Waals surface area (Å²) in [6.07, 6.45) is 1.22. The zero-order valence-electron chi connectivity index (χ0n) is 10.2. The molecule has 4 nitrogen and oxygen atoms in total. The van der Waals surface area contributed by atoms with Crippen LogP contribution >= 0.6 is 15.9 Å². The van der Waals surface area contributed by atoms with E-state index in [1.54, 1.807) is 12.1 Å². The first kappa shape index (κ1) is 14.0. The van der Waals surface area contributed by atoms with Crippen molar-refractivity contribution >= 4 is 25.8 Å². The van der Waals surface area contributed by atoms with E-state index in [2.05, 4.69) is 20.8 Å². The number of sulfone groups is 1. The average Bonchev–Trinajstić information content (AvgIpc) is 2.32. The van der Waals surface area contributed by atoms with Gasteiger partial charge in [-0.25, -0.2) is 8.42 Å². The number of nitrogens with zero attached hydrogens (tertiary/aromatic N) is 1. The van der Waals surface area contributed by atoms with Gasteiger partial charge in [-0.15, -0.1) is 0 Å². The minimum Gasteiger partial charge on any atom is -0.379 e. The predicted octanol–water partition coefficient (Wildman–Crippen LogP) is 1.68. The molecule has 0 spiro atoms. The highest BCUT2D eigenvalue weighted by atomic mass is 79.9. The Kier molecular flexibility index (Phi) is 4.42. The second kappa shape index (κ2) is 5.69. The molecule has 0 amide bonds. The van der Waals surface area contributed by atoms with Crippen LogP contribution in [0.1, 0.15) is 5.56 Å². The van der Waals surface area contributed by atoms with Gasteiger partial charge in [0.2, 0.25) is 0 Å². The maximum absolute atomic E-state index is 11.4. The number of ether oxygens (including phenoxy) is 1. The van der Waals surface area contributed by atoms with E-state index in [1.807, 2.05) is 6.07 Å². The van der Waals surface area contributed by atoms with E-state index in [9.17, 15) is 8.42 Å². The number of hydrogen-bond donors (Lipinski definition) is 0. The highest BCUT2D eigenvalue weighted by Crippen LogP contribution is 2.23. The minimum absolute atomic E-state index is 0.347. The molecule has 0 radical (unpaired) electrons. The van der Waals surface area contributed by atoms with Crippen molar-refractivity contribution < 1.29 is 13.2 Å².